The number of halogens is 2. The minimum absolute atomic E-state index is 0. The lowest BCUT2D eigenvalue weighted by Crippen LogP contribution is -2.41. The summed E-state index contributed by atoms with van der Waals surface area (Å²) >= 11 is 0. The predicted octanol–water partition coefficient (Wildman–Crippen LogP) is 0.963. The van der Waals surface area contributed by atoms with E-state index in [0.29, 0.717) is 5.92 Å². The van der Waals surface area contributed by atoms with Gasteiger partial charge in [-0.1, -0.05) is 0 Å². The van der Waals surface area contributed by atoms with Gasteiger partial charge in [-0.05, 0) is 5.92 Å². The molecule has 1 heterocycles. The van der Waals surface area contributed by atoms with Crippen LogP contribution in [-0.4, -0.2) is 13.1 Å². The van der Waals surface area contributed by atoms with Gasteiger partial charge in [0.1, 0.15) is 0 Å². The maximum absolute atomic E-state index is 8.12. The van der Waals surface area contributed by atoms with Crippen LogP contribution in [0.3, 0.4) is 0 Å². The van der Waals surface area contributed by atoms with E-state index in [9.17, 15) is 0 Å². The van der Waals surface area contributed by atoms with Crippen LogP contribution in [-0.2, 0) is 0 Å². The lowest BCUT2D eigenvalue weighted by Gasteiger charge is -2.23. The summed E-state index contributed by atoms with van der Waals surface area (Å²) in [4.78, 5) is 0. The van der Waals surface area contributed by atoms with Gasteiger partial charge >= 0.3 is 0 Å². The summed E-state index contributed by atoms with van der Waals surface area (Å²) < 4.78 is 0. The molecule has 0 aromatic carbocycles. The van der Waals surface area contributed by atoms with Gasteiger partial charge in [0.2, 0.25) is 0 Å². The molecule has 0 bridgehead atoms. The fourth-order valence-corrected chi connectivity index (χ4v) is 0.622. The maximum Gasteiger partial charge on any atom is 0.0625 e. The summed E-state index contributed by atoms with van der Waals surface area (Å²) in [6, 6.07) is 2.13. The van der Waals surface area contributed by atoms with Crippen LogP contribution in [0.1, 0.15) is 6.42 Å². The van der Waals surface area contributed by atoms with Crippen molar-refractivity contribution in [1.82, 2.24) is 5.32 Å². The first-order valence-corrected chi connectivity index (χ1v) is 2.51. The number of hydrogen-bond acceptors (Lipinski definition) is 2. The smallest absolute Gasteiger partial charge is 0.0625 e. The van der Waals surface area contributed by atoms with Crippen molar-refractivity contribution in [2.45, 2.75) is 6.42 Å². The van der Waals surface area contributed by atoms with Gasteiger partial charge in [0, 0.05) is 19.5 Å². The monoisotopic (exact) mass is 168 g/mol. The second kappa shape index (κ2) is 6.15. The zero-order valence-corrected chi connectivity index (χ0v) is 6.60. The molecule has 0 aromatic rings. The summed E-state index contributed by atoms with van der Waals surface area (Å²) in [5.74, 6) is 0.657. The van der Waals surface area contributed by atoms with Crippen LogP contribution in [0, 0.1) is 17.2 Å². The fourth-order valence-electron chi connectivity index (χ4n) is 0.622. The second-order valence-electron chi connectivity index (χ2n) is 1.89. The molecule has 0 saturated carbocycles. The van der Waals surface area contributed by atoms with Crippen LogP contribution < -0.4 is 5.32 Å². The first-order valence-electron chi connectivity index (χ1n) is 2.51. The van der Waals surface area contributed by atoms with E-state index in [1.54, 1.807) is 0 Å². The van der Waals surface area contributed by atoms with Gasteiger partial charge in [0.25, 0.3) is 0 Å². The van der Waals surface area contributed by atoms with Crippen LogP contribution in [0.15, 0.2) is 0 Å². The number of hydrogen-bond donors (Lipinski definition) is 1. The van der Waals surface area contributed by atoms with Crippen molar-refractivity contribution in [1.29, 1.82) is 5.26 Å². The van der Waals surface area contributed by atoms with Gasteiger partial charge in [0.15, 0.2) is 0 Å². The summed E-state index contributed by atoms with van der Waals surface area (Å²) in [7, 11) is 0. The molecule has 0 aromatic heterocycles. The standard InChI is InChI=1S/C5H8N2.2ClH/c6-2-1-5-3-7-4-5;;/h5,7H,1,3-4H2;2*1H. The topological polar surface area (TPSA) is 35.8 Å². The van der Waals surface area contributed by atoms with Crippen molar-refractivity contribution < 1.29 is 0 Å². The molecule has 0 radical (unpaired) electrons. The number of nitrogens with zero attached hydrogens (tertiary/aromatic N) is 1. The maximum atomic E-state index is 8.12. The lowest BCUT2D eigenvalue weighted by molar-refractivity contribution is 0.355. The largest absolute Gasteiger partial charge is 0.316 e. The summed E-state index contributed by atoms with van der Waals surface area (Å²) in [6.45, 7) is 2.10. The van der Waals surface area contributed by atoms with Gasteiger partial charge in [-0.25, -0.2) is 0 Å². The Kier molecular flexibility index (Phi) is 8.06. The minimum atomic E-state index is 0. The Morgan fingerprint density at radius 1 is 1.44 bits per heavy atom. The Labute approximate surface area is 67.4 Å². The normalized spacial score (nSPS) is 15.9. The van der Waals surface area contributed by atoms with Crippen LogP contribution in [0.5, 0.6) is 0 Å². The summed E-state index contributed by atoms with van der Waals surface area (Å²) in [6.07, 6.45) is 0.729. The van der Waals surface area contributed by atoms with Gasteiger partial charge in [-0.2, -0.15) is 5.26 Å². The molecule has 1 saturated heterocycles. The number of nitrogens with one attached hydrogen (secondary N) is 1. The van der Waals surface area contributed by atoms with E-state index >= 15 is 0 Å². The molecule has 4 heteroatoms. The summed E-state index contributed by atoms with van der Waals surface area (Å²) in [5.41, 5.74) is 0. The zero-order chi connectivity index (χ0) is 5.11. The highest BCUT2D eigenvalue weighted by Gasteiger charge is 2.14. The SMILES string of the molecule is Cl.Cl.N#CCC1CNC1. The first kappa shape index (κ1) is 11.8. The van der Waals surface area contributed by atoms with Gasteiger partial charge in [-0.15, -0.1) is 24.8 Å². The molecule has 1 fully saturated rings. The van der Waals surface area contributed by atoms with Crippen LogP contribution in [0.2, 0.25) is 0 Å². The Hall–Kier alpha value is 0.0300. The first-order chi connectivity index (χ1) is 3.43. The molecule has 0 atom stereocenters. The van der Waals surface area contributed by atoms with Gasteiger partial charge in [0.05, 0.1) is 6.07 Å². The fraction of sp³-hybridized carbons (Fsp3) is 0.800. The van der Waals surface area contributed by atoms with Gasteiger partial charge < -0.3 is 5.32 Å². The van der Waals surface area contributed by atoms with Crippen LogP contribution in [0.4, 0.5) is 0 Å². The third-order valence-corrected chi connectivity index (χ3v) is 1.25. The minimum Gasteiger partial charge on any atom is -0.316 e. The van der Waals surface area contributed by atoms with Crippen molar-refractivity contribution in [3.63, 3.8) is 0 Å². The van der Waals surface area contributed by atoms with Crippen molar-refractivity contribution >= 4 is 24.8 Å². The van der Waals surface area contributed by atoms with Crippen molar-refractivity contribution in [2.24, 2.45) is 5.92 Å². The highest BCUT2D eigenvalue weighted by Crippen LogP contribution is 2.05. The predicted molar refractivity (Wildman–Crippen MR) is 41.1 cm³/mol. The van der Waals surface area contributed by atoms with Crippen LogP contribution >= 0.6 is 24.8 Å². The third kappa shape index (κ3) is 3.58. The molecule has 0 unspecified atom stereocenters. The second-order valence-corrected chi connectivity index (χ2v) is 1.89. The molecule has 0 spiro atoms. The highest BCUT2D eigenvalue weighted by atomic mass is 35.5. The highest BCUT2D eigenvalue weighted by molar-refractivity contribution is 5.85. The number of rotatable bonds is 1. The van der Waals surface area contributed by atoms with E-state index in [0.717, 1.165) is 19.5 Å². The molecule has 1 N–H and O–H groups in total. The average molecular weight is 169 g/mol. The molecule has 1 aliphatic heterocycles. The molecular formula is C5H10Cl2N2. The Morgan fingerprint density at radius 2 is 2.00 bits per heavy atom. The van der Waals surface area contributed by atoms with E-state index in [-0.39, 0.29) is 24.8 Å². The summed E-state index contributed by atoms with van der Waals surface area (Å²) in [5, 5.41) is 11.2. The molecule has 1 rings (SSSR count). The van der Waals surface area contributed by atoms with E-state index in [1.165, 1.54) is 0 Å². The molecule has 54 valence electrons. The molecular weight excluding hydrogens is 159 g/mol. The van der Waals surface area contributed by atoms with Gasteiger partial charge in [-0.3, -0.25) is 0 Å². The van der Waals surface area contributed by atoms with E-state index < -0.39 is 0 Å². The Balaban J connectivity index is 0. The molecule has 0 aliphatic carbocycles. The lowest BCUT2D eigenvalue weighted by atomic mass is 10.0. The Bertz CT molecular complexity index is 95.6. The van der Waals surface area contributed by atoms with Crippen molar-refractivity contribution in [3.05, 3.63) is 0 Å². The van der Waals surface area contributed by atoms with Crippen molar-refractivity contribution in [3.8, 4) is 6.07 Å². The van der Waals surface area contributed by atoms with Crippen LogP contribution in [0.25, 0.3) is 0 Å². The number of nitriles is 1. The van der Waals surface area contributed by atoms with Crippen molar-refractivity contribution in [2.75, 3.05) is 13.1 Å². The third-order valence-electron chi connectivity index (χ3n) is 1.25. The molecule has 2 nitrogen and oxygen atoms in total. The molecule has 0 amide bonds. The van der Waals surface area contributed by atoms with E-state index in [4.69, 9.17) is 5.26 Å². The van der Waals surface area contributed by atoms with E-state index in [2.05, 4.69) is 11.4 Å². The zero-order valence-electron chi connectivity index (χ0n) is 4.96. The molecule has 9 heavy (non-hydrogen) atoms. The quantitative estimate of drug-likeness (QED) is 0.634. The van der Waals surface area contributed by atoms with E-state index in [1.807, 2.05) is 0 Å². The molecule has 1 aliphatic rings. The average Bonchev–Trinajstić information content (AvgIpc) is 1.55. The Morgan fingerprint density at radius 3 is 2.11 bits per heavy atom.